The number of ether oxygens (including phenoxy) is 1. The molecule has 5 heteroatoms. The van der Waals surface area contributed by atoms with Gasteiger partial charge in [-0.25, -0.2) is 5.90 Å². The van der Waals surface area contributed by atoms with E-state index in [1.165, 1.54) is 13.2 Å². The lowest BCUT2D eigenvalue weighted by Crippen LogP contribution is -2.02. The number of aromatic hydroxyl groups is 1. The second kappa shape index (κ2) is 4.45. The third-order valence-electron chi connectivity index (χ3n) is 1.61. The molecule has 4 nitrogen and oxygen atoms in total. The fourth-order valence-electron chi connectivity index (χ4n) is 1.04. The monoisotopic (exact) mass is 247 g/mol. The fraction of sp³-hybridized carbons (Fsp3) is 0.250. The van der Waals surface area contributed by atoms with E-state index in [9.17, 15) is 5.11 Å². The van der Waals surface area contributed by atoms with E-state index < -0.39 is 0 Å². The van der Waals surface area contributed by atoms with Gasteiger partial charge in [0.25, 0.3) is 0 Å². The number of phenolic OH excluding ortho intramolecular Hbond substituents is 1. The van der Waals surface area contributed by atoms with Gasteiger partial charge in [0.15, 0.2) is 11.5 Å². The molecule has 0 bridgehead atoms. The van der Waals surface area contributed by atoms with Gasteiger partial charge >= 0.3 is 0 Å². The first-order valence-corrected chi connectivity index (χ1v) is 4.36. The molecule has 0 atom stereocenters. The maximum atomic E-state index is 9.40. The highest BCUT2D eigenvalue weighted by Gasteiger charge is 2.11. The van der Waals surface area contributed by atoms with Crippen molar-refractivity contribution < 1.29 is 14.7 Å². The summed E-state index contributed by atoms with van der Waals surface area (Å²) in [7, 11) is 1.47. The summed E-state index contributed by atoms with van der Waals surface area (Å²) in [5, 5.41) is 9.40. The van der Waals surface area contributed by atoms with Crippen LogP contribution in [-0.2, 0) is 11.4 Å². The highest BCUT2D eigenvalue weighted by Crippen LogP contribution is 2.35. The van der Waals surface area contributed by atoms with Crippen molar-refractivity contribution in [3.05, 3.63) is 22.2 Å². The van der Waals surface area contributed by atoms with Crippen LogP contribution < -0.4 is 10.6 Å². The number of benzene rings is 1. The van der Waals surface area contributed by atoms with Gasteiger partial charge in [0.2, 0.25) is 0 Å². The van der Waals surface area contributed by atoms with Crippen molar-refractivity contribution in [3.63, 3.8) is 0 Å². The molecule has 0 aliphatic rings. The Morgan fingerprint density at radius 2 is 2.23 bits per heavy atom. The van der Waals surface area contributed by atoms with Crippen molar-refractivity contribution in [2.75, 3.05) is 7.11 Å². The predicted octanol–water partition coefficient (Wildman–Crippen LogP) is 1.55. The van der Waals surface area contributed by atoms with Crippen molar-refractivity contribution in [3.8, 4) is 11.5 Å². The van der Waals surface area contributed by atoms with E-state index in [0.717, 1.165) is 4.47 Å². The van der Waals surface area contributed by atoms with Crippen molar-refractivity contribution in [1.29, 1.82) is 0 Å². The molecule has 0 spiro atoms. The smallest absolute Gasteiger partial charge is 0.167 e. The van der Waals surface area contributed by atoms with Gasteiger partial charge in [-0.3, -0.25) is 4.84 Å². The minimum Gasteiger partial charge on any atom is -0.504 e. The van der Waals surface area contributed by atoms with E-state index in [2.05, 4.69) is 20.8 Å². The first-order chi connectivity index (χ1) is 6.20. The molecule has 0 heterocycles. The zero-order chi connectivity index (χ0) is 9.84. The van der Waals surface area contributed by atoms with E-state index in [1.807, 2.05) is 0 Å². The summed E-state index contributed by atoms with van der Waals surface area (Å²) in [5.41, 5.74) is 0.685. The molecule has 0 aliphatic heterocycles. The van der Waals surface area contributed by atoms with Gasteiger partial charge in [-0.1, -0.05) is 15.9 Å². The number of halogens is 1. The number of hydrogen-bond donors (Lipinski definition) is 2. The maximum Gasteiger partial charge on any atom is 0.167 e. The number of nitrogens with two attached hydrogens (primary N) is 1. The zero-order valence-corrected chi connectivity index (χ0v) is 8.67. The van der Waals surface area contributed by atoms with Crippen LogP contribution in [0.1, 0.15) is 5.56 Å². The minimum atomic E-state index is 0.0674. The number of rotatable bonds is 3. The normalized spacial score (nSPS) is 10.1. The molecule has 0 saturated heterocycles. The summed E-state index contributed by atoms with van der Waals surface area (Å²) in [4.78, 5) is 4.49. The molecule has 13 heavy (non-hydrogen) atoms. The SMILES string of the molecule is COc1c(O)ccc(Br)c1CON. The Hall–Kier alpha value is -0.780. The summed E-state index contributed by atoms with van der Waals surface area (Å²) in [5.74, 6) is 5.39. The molecule has 1 aromatic rings. The first-order valence-electron chi connectivity index (χ1n) is 3.56. The quantitative estimate of drug-likeness (QED) is 0.796. The summed E-state index contributed by atoms with van der Waals surface area (Å²) >= 11 is 3.30. The Balaban J connectivity index is 3.18. The van der Waals surface area contributed by atoms with Crippen molar-refractivity contribution in [2.45, 2.75) is 6.61 Å². The predicted molar refractivity (Wildman–Crippen MR) is 51.3 cm³/mol. The second-order valence-electron chi connectivity index (χ2n) is 2.39. The van der Waals surface area contributed by atoms with E-state index in [0.29, 0.717) is 11.3 Å². The lowest BCUT2D eigenvalue weighted by Gasteiger charge is -2.10. The van der Waals surface area contributed by atoms with Gasteiger partial charge in [0.05, 0.1) is 13.7 Å². The zero-order valence-electron chi connectivity index (χ0n) is 7.08. The Labute approximate surface area is 84.3 Å². The molecule has 0 amide bonds. The second-order valence-corrected chi connectivity index (χ2v) is 3.24. The highest BCUT2D eigenvalue weighted by molar-refractivity contribution is 9.10. The van der Waals surface area contributed by atoms with Crippen LogP contribution >= 0.6 is 15.9 Å². The van der Waals surface area contributed by atoms with E-state index in [-0.39, 0.29) is 12.4 Å². The van der Waals surface area contributed by atoms with Crippen LogP contribution in [0.3, 0.4) is 0 Å². The van der Waals surface area contributed by atoms with Gasteiger partial charge in [0, 0.05) is 10.0 Å². The minimum absolute atomic E-state index is 0.0674. The number of methoxy groups -OCH3 is 1. The van der Waals surface area contributed by atoms with Gasteiger partial charge in [0.1, 0.15) is 0 Å². The lowest BCUT2D eigenvalue weighted by molar-refractivity contribution is 0.121. The highest BCUT2D eigenvalue weighted by atomic mass is 79.9. The van der Waals surface area contributed by atoms with Gasteiger partial charge < -0.3 is 9.84 Å². The molecule has 1 aromatic carbocycles. The molecular formula is C8H10BrNO3. The molecule has 0 saturated carbocycles. The summed E-state index contributed by atoms with van der Waals surface area (Å²) in [6.07, 6.45) is 0. The molecule has 0 unspecified atom stereocenters. The van der Waals surface area contributed by atoms with Crippen LogP contribution in [0.25, 0.3) is 0 Å². The molecule has 0 aromatic heterocycles. The average Bonchev–Trinajstić information content (AvgIpc) is 2.12. The molecular weight excluding hydrogens is 238 g/mol. The number of hydrogen-bond acceptors (Lipinski definition) is 4. The number of phenols is 1. The van der Waals surface area contributed by atoms with Crippen LogP contribution in [0.4, 0.5) is 0 Å². The van der Waals surface area contributed by atoms with Crippen molar-refractivity contribution >= 4 is 15.9 Å². The lowest BCUT2D eigenvalue weighted by atomic mass is 10.2. The fourth-order valence-corrected chi connectivity index (χ4v) is 1.46. The Morgan fingerprint density at radius 3 is 2.77 bits per heavy atom. The molecule has 3 N–H and O–H groups in total. The molecule has 0 fully saturated rings. The Bertz CT molecular complexity index is 304. The molecule has 0 radical (unpaired) electrons. The topological polar surface area (TPSA) is 64.7 Å². The van der Waals surface area contributed by atoms with Crippen LogP contribution in [0, 0.1) is 0 Å². The Kier molecular flexibility index (Phi) is 3.53. The van der Waals surface area contributed by atoms with Crippen LogP contribution in [0.2, 0.25) is 0 Å². The van der Waals surface area contributed by atoms with Gasteiger partial charge in [-0.15, -0.1) is 0 Å². The third kappa shape index (κ3) is 2.12. The Morgan fingerprint density at radius 1 is 1.54 bits per heavy atom. The molecule has 0 aliphatic carbocycles. The first kappa shape index (κ1) is 10.3. The average molecular weight is 248 g/mol. The summed E-state index contributed by atoms with van der Waals surface area (Å²) in [6.45, 7) is 0.179. The summed E-state index contributed by atoms with van der Waals surface area (Å²) < 4.78 is 5.78. The van der Waals surface area contributed by atoms with Crippen molar-refractivity contribution in [2.24, 2.45) is 5.90 Å². The van der Waals surface area contributed by atoms with Crippen LogP contribution in [-0.4, -0.2) is 12.2 Å². The van der Waals surface area contributed by atoms with E-state index >= 15 is 0 Å². The van der Waals surface area contributed by atoms with E-state index in [1.54, 1.807) is 6.07 Å². The van der Waals surface area contributed by atoms with Gasteiger partial charge in [-0.05, 0) is 12.1 Å². The van der Waals surface area contributed by atoms with Gasteiger partial charge in [-0.2, -0.15) is 0 Å². The third-order valence-corrected chi connectivity index (χ3v) is 2.36. The summed E-state index contributed by atoms with van der Waals surface area (Å²) in [6, 6.07) is 3.23. The van der Waals surface area contributed by atoms with Crippen molar-refractivity contribution in [1.82, 2.24) is 0 Å². The maximum absolute atomic E-state index is 9.40. The standard InChI is InChI=1S/C8H10BrNO3/c1-12-8-5(4-13-10)6(9)2-3-7(8)11/h2-3,11H,4,10H2,1H3. The van der Waals surface area contributed by atoms with Crippen LogP contribution in [0.5, 0.6) is 11.5 Å². The molecule has 72 valence electrons. The molecule has 1 rings (SSSR count). The largest absolute Gasteiger partial charge is 0.504 e. The van der Waals surface area contributed by atoms with Crippen LogP contribution in [0.15, 0.2) is 16.6 Å². The van der Waals surface area contributed by atoms with E-state index in [4.69, 9.17) is 10.6 Å².